The summed E-state index contributed by atoms with van der Waals surface area (Å²) in [6.45, 7) is -0.433. The Bertz CT molecular complexity index is 616. The molecular formula is C18H21F3O3. The van der Waals surface area contributed by atoms with Gasteiger partial charge in [-0.05, 0) is 49.8 Å². The minimum Gasteiger partial charge on any atom is -0.493 e. The molecule has 0 aromatic heterocycles. The van der Waals surface area contributed by atoms with E-state index in [4.69, 9.17) is 9.47 Å². The number of halogens is 3. The Labute approximate surface area is 139 Å². The summed E-state index contributed by atoms with van der Waals surface area (Å²) in [5, 5.41) is 0. The monoisotopic (exact) mass is 342 g/mol. The number of ketones is 1. The molecule has 1 fully saturated rings. The van der Waals surface area contributed by atoms with Gasteiger partial charge in [0.05, 0.1) is 19.1 Å². The van der Waals surface area contributed by atoms with Gasteiger partial charge in [0.2, 0.25) is 0 Å². The number of carbonyl (C=O) groups excluding carboxylic acids is 1. The summed E-state index contributed by atoms with van der Waals surface area (Å²) < 4.78 is 47.1. The Morgan fingerprint density at radius 1 is 1.25 bits per heavy atom. The lowest BCUT2D eigenvalue weighted by Crippen LogP contribution is -2.35. The van der Waals surface area contributed by atoms with E-state index in [-0.39, 0.29) is 17.3 Å². The van der Waals surface area contributed by atoms with Crippen molar-refractivity contribution in [3.05, 3.63) is 29.3 Å². The average molecular weight is 342 g/mol. The molecule has 0 radical (unpaired) electrons. The quantitative estimate of drug-likeness (QED) is 0.817. The summed E-state index contributed by atoms with van der Waals surface area (Å²) >= 11 is 0. The van der Waals surface area contributed by atoms with Gasteiger partial charge in [0, 0.05) is 18.1 Å². The van der Waals surface area contributed by atoms with Gasteiger partial charge in [-0.25, -0.2) is 0 Å². The fourth-order valence-electron chi connectivity index (χ4n) is 3.81. The zero-order valence-electron chi connectivity index (χ0n) is 13.6. The van der Waals surface area contributed by atoms with Gasteiger partial charge in [-0.1, -0.05) is 6.07 Å². The smallest absolute Gasteiger partial charge is 0.392 e. The van der Waals surface area contributed by atoms with Gasteiger partial charge in [0.25, 0.3) is 0 Å². The maximum atomic E-state index is 12.9. The van der Waals surface area contributed by atoms with Crippen molar-refractivity contribution in [2.45, 2.75) is 50.8 Å². The van der Waals surface area contributed by atoms with Crippen LogP contribution in [0.25, 0.3) is 0 Å². The average Bonchev–Trinajstić information content (AvgIpc) is 2.80. The number of carbonyl (C=O) groups is 1. The summed E-state index contributed by atoms with van der Waals surface area (Å²) in [5.41, 5.74) is 1.22. The summed E-state index contributed by atoms with van der Waals surface area (Å²) in [6.07, 6.45) is -0.992. The zero-order chi connectivity index (χ0) is 17.4. The van der Waals surface area contributed by atoms with Crippen molar-refractivity contribution < 1.29 is 27.4 Å². The molecule has 0 N–H and O–H groups in total. The van der Waals surface area contributed by atoms with Gasteiger partial charge in [0.1, 0.15) is 5.75 Å². The topological polar surface area (TPSA) is 35.5 Å². The van der Waals surface area contributed by atoms with Crippen LogP contribution in [0.5, 0.6) is 5.75 Å². The first-order valence-electron chi connectivity index (χ1n) is 8.23. The Kier molecular flexibility index (Phi) is 4.60. The van der Waals surface area contributed by atoms with E-state index < -0.39 is 19.2 Å². The van der Waals surface area contributed by atoms with E-state index in [0.717, 1.165) is 31.2 Å². The number of hydrogen-bond acceptors (Lipinski definition) is 3. The highest BCUT2D eigenvalue weighted by molar-refractivity contribution is 6.05. The van der Waals surface area contributed by atoms with Crippen LogP contribution < -0.4 is 4.74 Å². The van der Waals surface area contributed by atoms with Gasteiger partial charge in [-0.2, -0.15) is 13.2 Å². The normalized spacial score (nSPS) is 26.7. The Balaban J connectivity index is 1.69. The predicted octanol–water partition coefficient (Wildman–Crippen LogP) is 4.33. The number of ether oxygens (including phenoxy) is 2. The number of rotatable bonds is 4. The second-order valence-corrected chi connectivity index (χ2v) is 6.75. The molecule has 2 aliphatic carbocycles. The lowest BCUT2D eigenvalue weighted by molar-refractivity contribution is -0.139. The van der Waals surface area contributed by atoms with Gasteiger partial charge in [-0.3, -0.25) is 4.79 Å². The molecule has 0 aliphatic heterocycles. The maximum absolute atomic E-state index is 12.9. The summed E-state index contributed by atoms with van der Waals surface area (Å²) in [4.78, 5) is 12.9. The Morgan fingerprint density at radius 2 is 1.96 bits per heavy atom. The molecule has 0 bridgehead atoms. The number of alkyl halides is 3. The molecule has 1 saturated carbocycles. The summed E-state index contributed by atoms with van der Waals surface area (Å²) in [5.74, 6) is 0.433. The Morgan fingerprint density at radius 3 is 2.58 bits per heavy atom. The van der Waals surface area contributed by atoms with Crippen LogP contribution >= 0.6 is 0 Å². The minimum atomic E-state index is -4.24. The highest BCUT2D eigenvalue weighted by Gasteiger charge is 2.47. The third kappa shape index (κ3) is 3.43. The van der Waals surface area contributed by atoms with E-state index >= 15 is 0 Å². The zero-order valence-corrected chi connectivity index (χ0v) is 13.6. The molecule has 1 aromatic rings. The van der Waals surface area contributed by atoms with Crippen LogP contribution in [-0.4, -0.2) is 31.8 Å². The van der Waals surface area contributed by atoms with Crippen molar-refractivity contribution in [2.75, 3.05) is 13.7 Å². The molecule has 3 nitrogen and oxygen atoms in total. The highest BCUT2D eigenvalue weighted by atomic mass is 19.4. The third-order valence-corrected chi connectivity index (χ3v) is 5.21. The molecule has 2 aliphatic rings. The van der Waals surface area contributed by atoms with E-state index in [1.165, 1.54) is 0 Å². The molecule has 0 amide bonds. The molecule has 0 saturated heterocycles. The second kappa shape index (κ2) is 6.39. The lowest BCUT2D eigenvalue weighted by atomic mass is 9.70. The number of Topliss-reactive ketones (excluding diaryl/α,β-unsaturated/α-hetero) is 1. The molecule has 0 atom stereocenters. The van der Waals surface area contributed by atoms with Crippen LogP contribution in [0.15, 0.2) is 18.2 Å². The number of benzene rings is 1. The van der Waals surface area contributed by atoms with Crippen LogP contribution in [0.3, 0.4) is 0 Å². The van der Waals surface area contributed by atoms with Crippen molar-refractivity contribution in [2.24, 2.45) is 5.41 Å². The summed E-state index contributed by atoms with van der Waals surface area (Å²) in [7, 11) is 1.69. The van der Waals surface area contributed by atoms with Gasteiger partial charge >= 0.3 is 6.18 Å². The molecule has 0 heterocycles. The van der Waals surface area contributed by atoms with Crippen molar-refractivity contribution >= 4 is 5.78 Å². The second-order valence-electron chi connectivity index (χ2n) is 6.75. The van der Waals surface area contributed by atoms with Crippen LogP contribution in [0.1, 0.15) is 48.0 Å². The SMILES string of the molecule is CO[C@H]1CC[C@]2(CC1)Cc1ccc(OCCC(F)(F)F)cc1C2=O. The standard InChI is InChI=1S/C18H21F3O3/c1-23-13-4-6-17(7-5-13)11-12-2-3-14(10-15(12)16(17)22)24-9-8-18(19,20)21/h2-3,10,13H,4-9,11H2,1H3/t13-,17-. The molecule has 6 heteroatoms. The van der Waals surface area contributed by atoms with E-state index in [9.17, 15) is 18.0 Å². The molecule has 1 aromatic carbocycles. The van der Waals surface area contributed by atoms with Crippen LogP contribution in [-0.2, 0) is 11.2 Å². The molecule has 1 spiro atoms. The number of fused-ring (bicyclic) bond motifs is 1. The Hall–Kier alpha value is -1.56. The first-order chi connectivity index (χ1) is 11.3. The van der Waals surface area contributed by atoms with Crippen molar-refractivity contribution in [1.29, 1.82) is 0 Å². The van der Waals surface area contributed by atoms with Crippen molar-refractivity contribution in [1.82, 2.24) is 0 Å². The van der Waals surface area contributed by atoms with Gasteiger partial charge in [-0.15, -0.1) is 0 Å². The van der Waals surface area contributed by atoms with E-state index in [1.54, 1.807) is 19.2 Å². The number of hydrogen-bond donors (Lipinski definition) is 0. The van der Waals surface area contributed by atoms with Crippen LogP contribution in [0, 0.1) is 5.41 Å². The molecule has 24 heavy (non-hydrogen) atoms. The van der Waals surface area contributed by atoms with Gasteiger partial charge in [0.15, 0.2) is 5.78 Å². The van der Waals surface area contributed by atoms with E-state index in [2.05, 4.69) is 0 Å². The van der Waals surface area contributed by atoms with Crippen LogP contribution in [0.2, 0.25) is 0 Å². The van der Waals surface area contributed by atoms with Gasteiger partial charge < -0.3 is 9.47 Å². The third-order valence-electron chi connectivity index (χ3n) is 5.21. The molecular weight excluding hydrogens is 321 g/mol. The molecule has 3 rings (SSSR count). The van der Waals surface area contributed by atoms with E-state index in [0.29, 0.717) is 17.7 Å². The summed E-state index contributed by atoms with van der Waals surface area (Å²) in [6, 6.07) is 5.07. The largest absolute Gasteiger partial charge is 0.493 e. The maximum Gasteiger partial charge on any atom is 0.392 e. The molecule has 132 valence electrons. The highest BCUT2D eigenvalue weighted by Crippen LogP contribution is 2.48. The van der Waals surface area contributed by atoms with Crippen molar-refractivity contribution in [3.63, 3.8) is 0 Å². The first-order valence-corrected chi connectivity index (χ1v) is 8.23. The fraction of sp³-hybridized carbons (Fsp3) is 0.611. The van der Waals surface area contributed by atoms with Crippen LogP contribution in [0.4, 0.5) is 13.2 Å². The fourth-order valence-corrected chi connectivity index (χ4v) is 3.81. The lowest BCUT2D eigenvalue weighted by Gasteiger charge is -2.35. The van der Waals surface area contributed by atoms with Crippen molar-refractivity contribution in [3.8, 4) is 5.75 Å². The minimum absolute atomic E-state index is 0.105. The molecule has 0 unspecified atom stereocenters. The first kappa shape index (κ1) is 17.3. The van der Waals surface area contributed by atoms with E-state index in [1.807, 2.05) is 6.07 Å². The number of methoxy groups -OCH3 is 1. The predicted molar refractivity (Wildman–Crippen MR) is 82.3 cm³/mol.